The Bertz CT molecular complexity index is 435. The molecule has 0 aromatic heterocycles. The third kappa shape index (κ3) is 5.40. The summed E-state index contributed by atoms with van der Waals surface area (Å²) in [4.78, 5) is 0. The van der Waals surface area contributed by atoms with Crippen LogP contribution in [-0.2, 0) is 0 Å². The van der Waals surface area contributed by atoms with Crippen LogP contribution in [0.25, 0.3) is 0 Å². The van der Waals surface area contributed by atoms with E-state index in [2.05, 4.69) is 26.1 Å². The summed E-state index contributed by atoms with van der Waals surface area (Å²) in [5.74, 6) is 2.07. The zero-order valence-corrected chi connectivity index (χ0v) is 14.6. The molecule has 0 spiro atoms. The third-order valence-corrected chi connectivity index (χ3v) is 3.88. The van der Waals surface area contributed by atoms with Gasteiger partial charge >= 0.3 is 0 Å². The minimum atomic E-state index is 0.250. The van der Waals surface area contributed by atoms with E-state index in [4.69, 9.17) is 21.1 Å². The molecule has 1 aromatic rings. The highest BCUT2D eigenvalue weighted by atomic mass is 35.5. The van der Waals surface area contributed by atoms with Crippen molar-refractivity contribution in [2.24, 2.45) is 5.92 Å². The Morgan fingerprint density at radius 1 is 1.10 bits per heavy atom. The molecule has 21 heavy (non-hydrogen) atoms. The highest BCUT2D eigenvalue weighted by molar-refractivity contribution is 6.31. The van der Waals surface area contributed by atoms with Crippen molar-refractivity contribution in [1.82, 2.24) is 5.32 Å². The standard InChI is InChI=1S/C17H28ClNO2/c1-6-9-19-15(8-7-12(2)3)13-10-16(20-4)17(21-5)11-14(13)18/h10-12,15,19H,6-9H2,1-5H3. The summed E-state index contributed by atoms with van der Waals surface area (Å²) < 4.78 is 10.7. The van der Waals surface area contributed by atoms with Crippen molar-refractivity contribution in [2.75, 3.05) is 20.8 Å². The Balaban J connectivity index is 3.04. The predicted molar refractivity (Wildman–Crippen MR) is 89.7 cm³/mol. The molecule has 3 nitrogen and oxygen atoms in total. The number of hydrogen-bond donors (Lipinski definition) is 1. The topological polar surface area (TPSA) is 30.5 Å². The number of hydrogen-bond acceptors (Lipinski definition) is 3. The van der Waals surface area contributed by atoms with E-state index < -0.39 is 0 Å². The summed E-state index contributed by atoms with van der Waals surface area (Å²) >= 11 is 6.45. The normalized spacial score (nSPS) is 12.5. The molecule has 4 heteroatoms. The van der Waals surface area contributed by atoms with Crippen molar-refractivity contribution in [1.29, 1.82) is 0 Å². The van der Waals surface area contributed by atoms with Crippen LogP contribution in [0, 0.1) is 5.92 Å². The van der Waals surface area contributed by atoms with Crippen LogP contribution in [-0.4, -0.2) is 20.8 Å². The maximum Gasteiger partial charge on any atom is 0.162 e. The fourth-order valence-corrected chi connectivity index (χ4v) is 2.61. The lowest BCUT2D eigenvalue weighted by molar-refractivity contribution is 0.353. The zero-order chi connectivity index (χ0) is 15.8. The lowest BCUT2D eigenvalue weighted by Crippen LogP contribution is -2.23. The van der Waals surface area contributed by atoms with Gasteiger partial charge in [0.05, 0.1) is 14.2 Å². The van der Waals surface area contributed by atoms with E-state index in [1.54, 1.807) is 14.2 Å². The number of methoxy groups -OCH3 is 2. The highest BCUT2D eigenvalue weighted by Gasteiger charge is 2.18. The van der Waals surface area contributed by atoms with Gasteiger partial charge in [-0.3, -0.25) is 0 Å². The van der Waals surface area contributed by atoms with Crippen LogP contribution in [0.1, 0.15) is 51.6 Å². The maximum absolute atomic E-state index is 6.45. The molecule has 1 atom stereocenters. The second kappa shape index (κ2) is 9.16. The third-order valence-electron chi connectivity index (χ3n) is 3.55. The molecule has 1 N–H and O–H groups in total. The zero-order valence-electron chi connectivity index (χ0n) is 13.8. The van der Waals surface area contributed by atoms with Gasteiger partial charge in [0.1, 0.15) is 0 Å². The van der Waals surface area contributed by atoms with E-state index >= 15 is 0 Å². The van der Waals surface area contributed by atoms with Gasteiger partial charge in [-0.2, -0.15) is 0 Å². The Hall–Kier alpha value is -0.930. The molecule has 0 heterocycles. The van der Waals surface area contributed by atoms with Crippen LogP contribution < -0.4 is 14.8 Å². The molecule has 0 saturated heterocycles. The number of ether oxygens (including phenoxy) is 2. The van der Waals surface area contributed by atoms with Gasteiger partial charge in [0.2, 0.25) is 0 Å². The lowest BCUT2D eigenvalue weighted by Gasteiger charge is -2.22. The molecule has 0 bridgehead atoms. The van der Waals surface area contributed by atoms with Crippen LogP contribution >= 0.6 is 11.6 Å². The molecule has 0 fully saturated rings. The number of nitrogens with one attached hydrogen (secondary N) is 1. The molecule has 1 aromatic carbocycles. The van der Waals surface area contributed by atoms with Gasteiger partial charge in [-0.1, -0.05) is 32.4 Å². The molecular weight excluding hydrogens is 286 g/mol. The Labute approximate surface area is 134 Å². The Kier molecular flexibility index (Phi) is 7.91. The largest absolute Gasteiger partial charge is 0.493 e. The Morgan fingerprint density at radius 3 is 2.24 bits per heavy atom. The van der Waals surface area contributed by atoms with Crippen molar-refractivity contribution < 1.29 is 9.47 Å². The molecule has 0 radical (unpaired) electrons. The monoisotopic (exact) mass is 313 g/mol. The first kappa shape index (κ1) is 18.1. The van der Waals surface area contributed by atoms with Crippen molar-refractivity contribution in [2.45, 2.75) is 46.1 Å². The van der Waals surface area contributed by atoms with Gasteiger partial charge < -0.3 is 14.8 Å². The van der Waals surface area contributed by atoms with Gasteiger partial charge in [0.15, 0.2) is 11.5 Å². The number of benzene rings is 1. The van der Waals surface area contributed by atoms with Crippen molar-refractivity contribution in [3.63, 3.8) is 0 Å². The van der Waals surface area contributed by atoms with Crippen LogP contribution in [0.3, 0.4) is 0 Å². The quantitative estimate of drug-likeness (QED) is 0.708. The molecule has 120 valence electrons. The highest BCUT2D eigenvalue weighted by Crippen LogP contribution is 2.37. The average molecular weight is 314 g/mol. The summed E-state index contributed by atoms with van der Waals surface area (Å²) in [5.41, 5.74) is 1.09. The van der Waals surface area contributed by atoms with Crippen molar-refractivity contribution in [3.8, 4) is 11.5 Å². The summed E-state index contributed by atoms with van der Waals surface area (Å²) in [7, 11) is 3.28. The van der Waals surface area contributed by atoms with E-state index in [-0.39, 0.29) is 6.04 Å². The summed E-state index contributed by atoms with van der Waals surface area (Å²) in [6.45, 7) is 7.64. The number of rotatable bonds is 9. The van der Waals surface area contributed by atoms with Crippen LogP contribution in [0.15, 0.2) is 12.1 Å². The molecule has 0 amide bonds. The van der Waals surface area contributed by atoms with E-state index in [0.29, 0.717) is 11.7 Å². The van der Waals surface area contributed by atoms with Gasteiger partial charge in [0.25, 0.3) is 0 Å². The predicted octanol–water partition coefficient (Wildman–Crippen LogP) is 4.83. The summed E-state index contributed by atoms with van der Waals surface area (Å²) in [6, 6.07) is 4.08. The van der Waals surface area contributed by atoms with Gasteiger partial charge in [-0.25, -0.2) is 0 Å². The second-order valence-electron chi connectivity index (χ2n) is 5.71. The minimum absolute atomic E-state index is 0.250. The van der Waals surface area contributed by atoms with E-state index in [1.807, 2.05) is 12.1 Å². The van der Waals surface area contributed by atoms with E-state index in [9.17, 15) is 0 Å². The van der Waals surface area contributed by atoms with Gasteiger partial charge in [-0.05, 0) is 43.4 Å². The Morgan fingerprint density at radius 2 is 1.71 bits per heavy atom. The molecule has 0 aliphatic carbocycles. The fraction of sp³-hybridized carbons (Fsp3) is 0.647. The summed E-state index contributed by atoms with van der Waals surface area (Å²) in [6.07, 6.45) is 3.32. The van der Waals surface area contributed by atoms with Crippen LogP contribution in [0.2, 0.25) is 5.02 Å². The van der Waals surface area contributed by atoms with Gasteiger partial charge in [0, 0.05) is 17.1 Å². The number of halogens is 1. The average Bonchev–Trinajstić information content (AvgIpc) is 2.47. The lowest BCUT2D eigenvalue weighted by atomic mass is 9.97. The SMILES string of the molecule is CCCNC(CCC(C)C)c1cc(OC)c(OC)cc1Cl. The molecule has 1 unspecified atom stereocenters. The first-order valence-electron chi connectivity index (χ1n) is 7.68. The van der Waals surface area contributed by atoms with Crippen molar-refractivity contribution in [3.05, 3.63) is 22.7 Å². The molecule has 0 aliphatic rings. The molecule has 0 aliphatic heterocycles. The summed E-state index contributed by atoms with van der Waals surface area (Å²) in [5, 5.41) is 4.32. The van der Waals surface area contributed by atoms with Crippen LogP contribution in [0.4, 0.5) is 0 Å². The van der Waals surface area contributed by atoms with Crippen molar-refractivity contribution >= 4 is 11.6 Å². The van der Waals surface area contributed by atoms with E-state index in [0.717, 1.165) is 42.1 Å². The fourth-order valence-electron chi connectivity index (χ4n) is 2.32. The second-order valence-corrected chi connectivity index (χ2v) is 6.11. The smallest absolute Gasteiger partial charge is 0.162 e. The maximum atomic E-state index is 6.45. The minimum Gasteiger partial charge on any atom is -0.493 e. The molecule has 1 rings (SSSR count). The molecular formula is C17H28ClNO2. The van der Waals surface area contributed by atoms with E-state index in [1.165, 1.54) is 0 Å². The van der Waals surface area contributed by atoms with Crippen LogP contribution in [0.5, 0.6) is 11.5 Å². The first-order chi connectivity index (χ1) is 10.0. The first-order valence-corrected chi connectivity index (χ1v) is 8.06. The van der Waals surface area contributed by atoms with Gasteiger partial charge in [-0.15, -0.1) is 0 Å². The molecule has 0 saturated carbocycles.